The molecule has 0 amide bonds. The van der Waals surface area contributed by atoms with Gasteiger partial charge in [0.1, 0.15) is 5.60 Å². The minimum absolute atomic E-state index is 0.339. The van der Waals surface area contributed by atoms with E-state index in [-0.39, 0.29) is 5.60 Å². The van der Waals surface area contributed by atoms with Gasteiger partial charge in [0.25, 0.3) is 0 Å². The highest BCUT2D eigenvalue weighted by Gasteiger charge is 2.40. The van der Waals surface area contributed by atoms with Crippen molar-refractivity contribution in [2.24, 2.45) is 5.92 Å². The number of hydrogen-bond acceptors (Lipinski definition) is 4. The number of nitrogens with zero attached hydrogens (tertiary/aromatic N) is 2. The maximum atomic E-state index is 9.70. The molecule has 1 fully saturated rings. The van der Waals surface area contributed by atoms with Crippen LogP contribution in [0.2, 0.25) is 0 Å². The van der Waals surface area contributed by atoms with Gasteiger partial charge in [0.05, 0.1) is 6.10 Å². The number of ether oxygens (including phenoxy) is 1. The molecule has 3 atom stereocenters. The second-order valence-electron chi connectivity index (χ2n) is 6.04. The molecule has 1 N–H and O–H groups in total. The molecule has 1 saturated carbocycles. The van der Waals surface area contributed by atoms with Crippen LogP contribution in [0.3, 0.4) is 0 Å². The summed E-state index contributed by atoms with van der Waals surface area (Å²) in [5, 5.41) is 9.70. The van der Waals surface area contributed by atoms with Crippen molar-refractivity contribution in [3.63, 3.8) is 0 Å². The second-order valence-corrected chi connectivity index (χ2v) is 6.04. The fourth-order valence-electron chi connectivity index (χ4n) is 3.28. The van der Waals surface area contributed by atoms with Crippen molar-refractivity contribution in [2.45, 2.75) is 65.1 Å². The summed E-state index contributed by atoms with van der Waals surface area (Å²) in [7, 11) is 0. The molecule has 1 aliphatic carbocycles. The lowest BCUT2D eigenvalue weighted by atomic mass is 9.78. The van der Waals surface area contributed by atoms with Crippen LogP contribution < -0.4 is 0 Å². The van der Waals surface area contributed by atoms with Gasteiger partial charge in [-0.25, -0.2) is 9.97 Å². The molecule has 0 spiro atoms. The molecule has 0 aliphatic heterocycles. The van der Waals surface area contributed by atoms with Gasteiger partial charge in [-0.2, -0.15) is 0 Å². The molecule has 4 nitrogen and oxygen atoms in total. The quantitative estimate of drug-likeness (QED) is 0.918. The maximum Gasteiger partial charge on any atom is 0.160 e. The molecule has 1 heterocycles. The van der Waals surface area contributed by atoms with Crippen molar-refractivity contribution in [3.8, 4) is 0 Å². The van der Waals surface area contributed by atoms with E-state index in [1.807, 2.05) is 13.8 Å². The lowest BCUT2D eigenvalue weighted by Crippen LogP contribution is -2.37. The largest absolute Gasteiger partial charge is 0.389 e. The van der Waals surface area contributed by atoms with Crippen LogP contribution in [0.15, 0.2) is 6.20 Å². The van der Waals surface area contributed by atoms with Gasteiger partial charge in [-0.15, -0.1) is 0 Å². The molecule has 4 heteroatoms. The topological polar surface area (TPSA) is 55.2 Å². The molecule has 1 aromatic heterocycles. The molecule has 2 rings (SSSR count). The lowest BCUT2D eigenvalue weighted by molar-refractivity contribution is -0.0882. The molecule has 20 heavy (non-hydrogen) atoms. The van der Waals surface area contributed by atoms with Crippen LogP contribution in [0.1, 0.15) is 69.6 Å². The molecular formula is C16H26N2O2. The van der Waals surface area contributed by atoms with Gasteiger partial charge >= 0.3 is 0 Å². The Labute approximate surface area is 121 Å². The zero-order chi connectivity index (χ0) is 14.8. The Morgan fingerprint density at radius 3 is 2.85 bits per heavy atom. The average molecular weight is 278 g/mol. The Balaban J connectivity index is 2.36. The monoisotopic (exact) mass is 278 g/mol. The van der Waals surface area contributed by atoms with Gasteiger partial charge in [0.15, 0.2) is 5.82 Å². The van der Waals surface area contributed by atoms with Crippen LogP contribution in [-0.4, -0.2) is 21.7 Å². The number of hydrogen-bond donors (Lipinski definition) is 1. The summed E-state index contributed by atoms with van der Waals surface area (Å²) in [6.07, 6.45) is 5.59. The van der Waals surface area contributed by atoms with Crippen LogP contribution in [0, 0.1) is 12.8 Å². The van der Waals surface area contributed by atoms with Gasteiger partial charge in [0.2, 0.25) is 0 Å². The number of rotatable bonds is 4. The summed E-state index contributed by atoms with van der Waals surface area (Å²) in [6, 6.07) is 0. The smallest absolute Gasteiger partial charge is 0.160 e. The summed E-state index contributed by atoms with van der Waals surface area (Å²) in [6.45, 7) is 8.64. The van der Waals surface area contributed by atoms with E-state index in [0.717, 1.165) is 36.3 Å². The third-order valence-electron chi connectivity index (χ3n) is 4.25. The number of aromatic nitrogens is 2. The van der Waals surface area contributed by atoms with E-state index in [1.165, 1.54) is 6.42 Å². The molecule has 112 valence electrons. The van der Waals surface area contributed by atoms with E-state index in [2.05, 4.69) is 16.9 Å². The Hall–Kier alpha value is -1.00. The highest BCUT2D eigenvalue weighted by Crippen LogP contribution is 2.41. The number of aliphatic hydroxyl groups is 1. The van der Waals surface area contributed by atoms with Gasteiger partial charge in [-0.3, -0.25) is 0 Å². The van der Waals surface area contributed by atoms with E-state index in [1.54, 1.807) is 13.1 Å². The van der Waals surface area contributed by atoms with Crippen molar-refractivity contribution in [2.75, 3.05) is 6.61 Å². The Bertz CT molecular complexity index is 458. The SMILES string of the molecule is CCOC1(c2ncc(C(C)O)c(C)n2)CCCC(C)C1. The Morgan fingerprint density at radius 1 is 1.55 bits per heavy atom. The molecule has 3 unspecified atom stereocenters. The van der Waals surface area contributed by atoms with Crippen LogP contribution in [0.4, 0.5) is 0 Å². The third kappa shape index (κ3) is 3.01. The highest BCUT2D eigenvalue weighted by molar-refractivity contribution is 5.20. The summed E-state index contributed by atoms with van der Waals surface area (Å²) in [5.41, 5.74) is 1.31. The molecule has 0 radical (unpaired) electrons. The minimum atomic E-state index is -0.530. The average Bonchev–Trinajstić information content (AvgIpc) is 2.38. The van der Waals surface area contributed by atoms with Crippen LogP contribution in [0.5, 0.6) is 0 Å². The molecule has 0 aromatic carbocycles. The summed E-state index contributed by atoms with van der Waals surface area (Å²) in [4.78, 5) is 9.16. The second kappa shape index (κ2) is 6.19. The summed E-state index contributed by atoms with van der Waals surface area (Å²) < 4.78 is 6.09. The van der Waals surface area contributed by atoms with E-state index >= 15 is 0 Å². The van der Waals surface area contributed by atoms with Crippen molar-refractivity contribution >= 4 is 0 Å². The molecule has 0 bridgehead atoms. The lowest BCUT2D eigenvalue weighted by Gasteiger charge is -2.38. The zero-order valence-electron chi connectivity index (χ0n) is 13.0. The predicted molar refractivity (Wildman–Crippen MR) is 78.3 cm³/mol. The van der Waals surface area contributed by atoms with Gasteiger partial charge in [0, 0.05) is 24.1 Å². The first-order chi connectivity index (χ1) is 9.48. The number of aliphatic hydroxyl groups excluding tert-OH is 1. The van der Waals surface area contributed by atoms with Gasteiger partial charge < -0.3 is 9.84 Å². The maximum absolute atomic E-state index is 9.70. The van der Waals surface area contributed by atoms with Crippen molar-refractivity contribution in [3.05, 3.63) is 23.3 Å². The molecule has 1 aromatic rings. The van der Waals surface area contributed by atoms with Crippen LogP contribution in [-0.2, 0) is 10.3 Å². The predicted octanol–water partition coefficient (Wildman–Crippen LogP) is 3.28. The van der Waals surface area contributed by atoms with E-state index in [9.17, 15) is 5.11 Å². The summed E-state index contributed by atoms with van der Waals surface area (Å²) in [5.74, 6) is 1.42. The van der Waals surface area contributed by atoms with Crippen molar-refractivity contribution in [1.82, 2.24) is 9.97 Å². The molecule has 0 saturated heterocycles. The fraction of sp³-hybridized carbons (Fsp3) is 0.750. The minimum Gasteiger partial charge on any atom is -0.389 e. The van der Waals surface area contributed by atoms with Crippen molar-refractivity contribution < 1.29 is 9.84 Å². The number of aryl methyl sites for hydroxylation is 1. The third-order valence-corrected chi connectivity index (χ3v) is 4.25. The van der Waals surface area contributed by atoms with E-state index < -0.39 is 6.10 Å². The van der Waals surface area contributed by atoms with Crippen LogP contribution in [0.25, 0.3) is 0 Å². The van der Waals surface area contributed by atoms with Crippen LogP contribution >= 0.6 is 0 Å². The standard InChI is InChI=1S/C16H26N2O2/c1-5-20-16(8-6-7-11(2)9-16)15-17-10-14(13(4)19)12(3)18-15/h10-11,13,19H,5-9H2,1-4H3. The molecule has 1 aliphatic rings. The van der Waals surface area contributed by atoms with E-state index in [0.29, 0.717) is 12.5 Å². The molecular weight excluding hydrogens is 252 g/mol. The highest BCUT2D eigenvalue weighted by atomic mass is 16.5. The van der Waals surface area contributed by atoms with Gasteiger partial charge in [-0.05, 0) is 46.0 Å². The first-order valence-electron chi connectivity index (χ1n) is 7.64. The Morgan fingerprint density at radius 2 is 2.30 bits per heavy atom. The summed E-state index contributed by atoms with van der Waals surface area (Å²) >= 11 is 0. The Kier molecular flexibility index (Phi) is 4.76. The van der Waals surface area contributed by atoms with Gasteiger partial charge in [-0.1, -0.05) is 13.3 Å². The zero-order valence-corrected chi connectivity index (χ0v) is 13.0. The van der Waals surface area contributed by atoms with Crippen molar-refractivity contribution in [1.29, 1.82) is 0 Å². The first-order valence-corrected chi connectivity index (χ1v) is 7.64. The first kappa shape index (κ1) is 15.4. The van der Waals surface area contributed by atoms with E-state index in [4.69, 9.17) is 4.74 Å². The fourth-order valence-corrected chi connectivity index (χ4v) is 3.28. The normalized spacial score (nSPS) is 28.4.